The summed E-state index contributed by atoms with van der Waals surface area (Å²) in [6.45, 7) is 7.30. The molecular formula is C16H28O7S2. The first-order valence-electron chi connectivity index (χ1n) is 8.06. The van der Waals surface area contributed by atoms with Gasteiger partial charge >= 0.3 is 17.9 Å². The van der Waals surface area contributed by atoms with Crippen LogP contribution in [-0.2, 0) is 28.6 Å². The number of carbonyl (C=O) groups is 3. The van der Waals surface area contributed by atoms with Crippen LogP contribution in [0.4, 0.5) is 0 Å². The molecule has 0 radical (unpaired) electrons. The topological polar surface area (TPSA) is 99.1 Å². The van der Waals surface area contributed by atoms with E-state index in [4.69, 9.17) is 14.2 Å². The highest BCUT2D eigenvalue weighted by molar-refractivity contribution is 8.18. The normalized spacial score (nSPS) is 13.7. The summed E-state index contributed by atoms with van der Waals surface area (Å²) in [4.78, 5) is 34.0. The first-order chi connectivity index (χ1) is 11.7. The van der Waals surface area contributed by atoms with Gasteiger partial charge in [0.25, 0.3) is 0 Å². The summed E-state index contributed by atoms with van der Waals surface area (Å²) in [5.41, 5.74) is 0. The molecule has 0 bridgehead atoms. The first-order valence-corrected chi connectivity index (χ1v) is 10.0. The van der Waals surface area contributed by atoms with Crippen LogP contribution >= 0.6 is 23.5 Å². The number of hydrogen-bond acceptors (Lipinski definition) is 9. The standard InChI is InChI=1S/C16H28O7S2/c1-6-24-16(10-17,25-7-2)8-14(22-12(4)19)15(23-13(5)20)9-21-11(3)18/h14-15,17H,6-10H2,1-5H3/t14-,15+/m0/s1. The van der Waals surface area contributed by atoms with Crippen molar-refractivity contribution < 1.29 is 33.7 Å². The van der Waals surface area contributed by atoms with E-state index in [2.05, 4.69) is 0 Å². The molecule has 0 aromatic heterocycles. The molecule has 146 valence electrons. The van der Waals surface area contributed by atoms with Crippen LogP contribution in [0, 0.1) is 0 Å². The Hall–Kier alpha value is -0.930. The number of carbonyl (C=O) groups excluding carboxylic acids is 3. The molecule has 0 rings (SSSR count). The van der Waals surface area contributed by atoms with Crippen LogP contribution in [0.3, 0.4) is 0 Å². The minimum Gasteiger partial charge on any atom is -0.462 e. The number of esters is 3. The van der Waals surface area contributed by atoms with Crippen molar-refractivity contribution in [2.45, 2.75) is 57.3 Å². The van der Waals surface area contributed by atoms with Crippen molar-refractivity contribution in [2.75, 3.05) is 24.7 Å². The van der Waals surface area contributed by atoms with Gasteiger partial charge < -0.3 is 19.3 Å². The van der Waals surface area contributed by atoms with E-state index in [-0.39, 0.29) is 19.6 Å². The van der Waals surface area contributed by atoms with Crippen LogP contribution in [0.2, 0.25) is 0 Å². The molecule has 0 unspecified atom stereocenters. The van der Waals surface area contributed by atoms with E-state index in [0.29, 0.717) is 0 Å². The van der Waals surface area contributed by atoms with Crippen molar-refractivity contribution >= 4 is 41.4 Å². The fraction of sp³-hybridized carbons (Fsp3) is 0.812. The van der Waals surface area contributed by atoms with E-state index in [0.717, 1.165) is 11.5 Å². The lowest BCUT2D eigenvalue weighted by molar-refractivity contribution is -0.173. The predicted octanol–water partition coefficient (Wildman–Crippen LogP) is 2.00. The van der Waals surface area contributed by atoms with Gasteiger partial charge in [-0.15, -0.1) is 23.5 Å². The number of thioether (sulfide) groups is 2. The van der Waals surface area contributed by atoms with Gasteiger partial charge in [0.2, 0.25) is 0 Å². The van der Waals surface area contributed by atoms with Crippen LogP contribution in [0.25, 0.3) is 0 Å². The molecular weight excluding hydrogens is 368 g/mol. The average Bonchev–Trinajstić information content (AvgIpc) is 2.50. The SMILES string of the molecule is CCSC(CO)(C[C@H](OC(C)=O)[C@@H](COC(C)=O)OC(C)=O)SCC. The van der Waals surface area contributed by atoms with E-state index in [1.807, 2.05) is 13.8 Å². The quantitative estimate of drug-likeness (QED) is 0.301. The predicted molar refractivity (Wildman–Crippen MR) is 98.4 cm³/mol. The summed E-state index contributed by atoms with van der Waals surface area (Å²) in [7, 11) is 0. The lowest BCUT2D eigenvalue weighted by Gasteiger charge is -2.35. The lowest BCUT2D eigenvalue weighted by Crippen LogP contribution is -2.43. The summed E-state index contributed by atoms with van der Waals surface area (Å²) in [6, 6.07) is 0. The highest BCUT2D eigenvalue weighted by Crippen LogP contribution is 2.42. The van der Waals surface area contributed by atoms with Crippen molar-refractivity contribution in [3.8, 4) is 0 Å². The Kier molecular flexibility index (Phi) is 12.0. The van der Waals surface area contributed by atoms with Crippen LogP contribution in [0.15, 0.2) is 0 Å². The first kappa shape index (κ1) is 24.1. The molecule has 0 aliphatic carbocycles. The van der Waals surface area contributed by atoms with Gasteiger partial charge in [0.05, 0.1) is 10.7 Å². The third-order valence-corrected chi connectivity index (χ3v) is 6.00. The fourth-order valence-corrected chi connectivity index (χ4v) is 5.08. The van der Waals surface area contributed by atoms with Gasteiger partial charge in [-0.25, -0.2) is 0 Å². The van der Waals surface area contributed by atoms with Gasteiger partial charge in [-0.05, 0) is 11.5 Å². The molecule has 0 aliphatic rings. The Balaban J connectivity index is 5.51. The second kappa shape index (κ2) is 12.4. The molecule has 7 nitrogen and oxygen atoms in total. The van der Waals surface area contributed by atoms with E-state index < -0.39 is 34.2 Å². The van der Waals surface area contributed by atoms with Gasteiger partial charge in [0.15, 0.2) is 6.10 Å². The van der Waals surface area contributed by atoms with Crippen molar-refractivity contribution in [3.05, 3.63) is 0 Å². The Labute approximate surface area is 157 Å². The largest absolute Gasteiger partial charge is 0.462 e. The minimum absolute atomic E-state index is 0.137. The Morgan fingerprint density at radius 1 is 0.920 bits per heavy atom. The van der Waals surface area contributed by atoms with Crippen LogP contribution in [0.1, 0.15) is 41.0 Å². The summed E-state index contributed by atoms with van der Waals surface area (Å²) in [5, 5.41) is 9.93. The summed E-state index contributed by atoms with van der Waals surface area (Å²) in [5.74, 6) is -0.140. The maximum Gasteiger partial charge on any atom is 0.303 e. The molecule has 9 heteroatoms. The van der Waals surface area contributed by atoms with Gasteiger partial charge in [-0.2, -0.15) is 0 Å². The smallest absolute Gasteiger partial charge is 0.303 e. The number of hydrogen-bond donors (Lipinski definition) is 1. The second-order valence-electron chi connectivity index (χ2n) is 5.24. The third kappa shape index (κ3) is 9.96. The maximum absolute atomic E-state index is 11.5. The Morgan fingerprint density at radius 2 is 1.40 bits per heavy atom. The Morgan fingerprint density at radius 3 is 1.76 bits per heavy atom. The van der Waals surface area contributed by atoms with E-state index in [9.17, 15) is 19.5 Å². The average molecular weight is 397 g/mol. The molecule has 0 saturated heterocycles. The number of rotatable bonds is 12. The summed E-state index contributed by atoms with van der Waals surface area (Å²) >= 11 is 3.08. The molecule has 1 N–H and O–H groups in total. The molecule has 0 saturated carbocycles. The van der Waals surface area contributed by atoms with Gasteiger partial charge in [-0.1, -0.05) is 13.8 Å². The Bertz CT molecular complexity index is 436. The van der Waals surface area contributed by atoms with Crippen LogP contribution < -0.4 is 0 Å². The zero-order valence-corrected chi connectivity index (χ0v) is 17.0. The van der Waals surface area contributed by atoms with Crippen LogP contribution in [-0.4, -0.2) is 64.0 Å². The second-order valence-corrected chi connectivity index (χ2v) is 8.79. The monoisotopic (exact) mass is 396 g/mol. The zero-order chi connectivity index (χ0) is 19.5. The molecule has 0 aromatic carbocycles. The molecule has 0 aliphatic heterocycles. The van der Waals surface area contributed by atoms with Crippen molar-refractivity contribution in [1.29, 1.82) is 0 Å². The van der Waals surface area contributed by atoms with Gasteiger partial charge in [-0.3, -0.25) is 14.4 Å². The fourth-order valence-electron chi connectivity index (χ4n) is 2.24. The van der Waals surface area contributed by atoms with Crippen molar-refractivity contribution in [2.24, 2.45) is 0 Å². The molecule has 0 heterocycles. The summed E-state index contributed by atoms with van der Waals surface area (Å²) in [6.07, 6.45) is -1.53. The number of ether oxygens (including phenoxy) is 3. The molecule has 2 atom stereocenters. The van der Waals surface area contributed by atoms with Crippen molar-refractivity contribution in [1.82, 2.24) is 0 Å². The van der Waals surface area contributed by atoms with Gasteiger partial charge in [0, 0.05) is 27.2 Å². The number of aliphatic hydroxyl groups is 1. The summed E-state index contributed by atoms with van der Waals surface area (Å²) < 4.78 is 14.9. The molecule has 0 amide bonds. The maximum atomic E-state index is 11.5. The van der Waals surface area contributed by atoms with E-state index >= 15 is 0 Å². The molecule has 0 aromatic rings. The van der Waals surface area contributed by atoms with Crippen molar-refractivity contribution in [3.63, 3.8) is 0 Å². The lowest BCUT2D eigenvalue weighted by atomic mass is 10.1. The van der Waals surface area contributed by atoms with Gasteiger partial charge in [0.1, 0.15) is 12.7 Å². The third-order valence-electron chi connectivity index (χ3n) is 3.07. The molecule has 0 spiro atoms. The molecule has 25 heavy (non-hydrogen) atoms. The number of aliphatic hydroxyl groups excluding tert-OH is 1. The van der Waals surface area contributed by atoms with E-state index in [1.54, 1.807) is 0 Å². The van der Waals surface area contributed by atoms with E-state index in [1.165, 1.54) is 44.3 Å². The highest BCUT2D eigenvalue weighted by Gasteiger charge is 2.39. The van der Waals surface area contributed by atoms with Crippen LogP contribution in [0.5, 0.6) is 0 Å². The minimum atomic E-state index is -0.939. The highest BCUT2D eigenvalue weighted by atomic mass is 32.2. The molecule has 0 fully saturated rings. The zero-order valence-electron chi connectivity index (χ0n) is 15.4.